The number of aliphatic hydroxyl groups is 8. The maximum atomic E-state index is 10.9. The van der Waals surface area contributed by atoms with Crippen LogP contribution in [-0.2, 0) is 19.1 Å². The molecule has 0 rings (SSSR count). The van der Waals surface area contributed by atoms with E-state index in [2.05, 4.69) is 9.47 Å². The van der Waals surface area contributed by atoms with Crippen LogP contribution >= 0.6 is 0 Å². The molecule has 116 valence electrons. The Morgan fingerprint density at radius 1 is 0.750 bits per heavy atom. The van der Waals surface area contributed by atoms with Crippen molar-refractivity contribution in [2.45, 2.75) is 24.5 Å². The summed E-state index contributed by atoms with van der Waals surface area (Å²) in [5.74, 6) is -10.5. The van der Waals surface area contributed by atoms with Gasteiger partial charge in [-0.15, -0.1) is 0 Å². The van der Waals surface area contributed by atoms with Crippen molar-refractivity contribution in [1.29, 1.82) is 0 Å². The second-order valence-electron chi connectivity index (χ2n) is 3.29. The van der Waals surface area contributed by atoms with E-state index >= 15 is 0 Å². The summed E-state index contributed by atoms with van der Waals surface area (Å²) >= 11 is 0. The minimum Gasteiger partial charge on any atom is -0.424 e. The number of aliphatic hydroxyl groups excluding tert-OH is 2. The number of ether oxygens (including phenoxy) is 2. The molecule has 2 unspecified atom stereocenters. The zero-order chi connectivity index (χ0) is 16.1. The average molecular weight is 300 g/mol. The maximum absolute atomic E-state index is 10.9. The number of esters is 2. The first-order valence-corrected chi connectivity index (χ1v) is 4.63. The highest BCUT2D eigenvalue weighted by Gasteiger charge is 2.34. The summed E-state index contributed by atoms with van der Waals surface area (Å²) in [6.45, 7) is 0. The molecule has 0 spiro atoms. The van der Waals surface area contributed by atoms with Gasteiger partial charge in [0.15, 0.2) is 0 Å². The van der Waals surface area contributed by atoms with Crippen LogP contribution in [0, 0.1) is 0 Å². The minimum absolute atomic E-state index is 0.262. The Morgan fingerprint density at radius 3 is 1.20 bits per heavy atom. The third kappa shape index (κ3) is 7.07. The standard InChI is InChI=1S/C8H12O12/c9-3(19-5(11)7(13,14)15)1-2-4(10)20-6(12)8(16,17)18/h1-2,5-6,11-18H/b2-1-. The number of rotatable bonds is 6. The third-order valence-corrected chi connectivity index (χ3v) is 1.47. The molecule has 0 aromatic rings. The third-order valence-electron chi connectivity index (χ3n) is 1.47. The van der Waals surface area contributed by atoms with Gasteiger partial charge in [0.05, 0.1) is 0 Å². The summed E-state index contributed by atoms with van der Waals surface area (Å²) in [4.78, 5) is 21.7. The summed E-state index contributed by atoms with van der Waals surface area (Å²) in [5.41, 5.74) is 0. The second kappa shape index (κ2) is 6.69. The molecule has 12 heteroatoms. The van der Waals surface area contributed by atoms with E-state index in [0.29, 0.717) is 0 Å². The lowest BCUT2D eigenvalue weighted by Gasteiger charge is -2.20. The Balaban J connectivity index is 4.37. The van der Waals surface area contributed by atoms with Crippen LogP contribution in [0.3, 0.4) is 0 Å². The first kappa shape index (κ1) is 18.4. The maximum Gasteiger partial charge on any atom is 0.341 e. The van der Waals surface area contributed by atoms with E-state index in [0.717, 1.165) is 0 Å². The molecule has 0 aliphatic rings. The molecule has 0 radical (unpaired) electrons. The van der Waals surface area contributed by atoms with Crippen molar-refractivity contribution in [3.8, 4) is 0 Å². The zero-order valence-electron chi connectivity index (χ0n) is 9.52. The highest BCUT2D eigenvalue weighted by Crippen LogP contribution is 2.05. The Hall–Kier alpha value is -1.64. The topological polar surface area (TPSA) is 214 Å². The van der Waals surface area contributed by atoms with Crippen molar-refractivity contribution in [1.82, 2.24) is 0 Å². The van der Waals surface area contributed by atoms with E-state index in [1.807, 2.05) is 0 Å². The van der Waals surface area contributed by atoms with Crippen LogP contribution in [0.1, 0.15) is 0 Å². The molecule has 0 aromatic carbocycles. The molecule has 0 aromatic heterocycles. The summed E-state index contributed by atoms with van der Waals surface area (Å²) < 4.78 is 7.60. The van der Waals surface area contributed by atoms with E-state index in [-0.39, 0.29) is 12.2 Å². The van der Waals surface area contributed by atoms with E-state index in [9.17, 15) is 9.59 Å². The molecule has 20 heavy (non-hydrogen) atoms. The van der Waals surface area contributed by atoms with Gasteiger partial charge in [0, 0.05) is 12.2 Å². The van der Waals surface area contributed by atoms with Crippen molar-refractivity contribution in [3.05, 3.63) is 12.2 Å². The van der Waals surface area contributed by atoms with Crippen LogP contribution in [-0.4, -0.2) is 77.3 Å². The number of hydrogen-bond donors (Lipinski definition) is 8. The smallest absolute Gasteiger partial charge is 0.341 e. The first-order valence-electron chi connectivity index (χ1n) is 4.63. The molecule has 0 aliphatic heterocycles. The van der Waals surface area contributed by atoms with Gasteiger partial charge >= 0.3 is 23.9 Å². The van der Waals surface area contributed by atoms with Crippen molar-refractivity contribution < 1.29 is 59.9 Å². The van der Waals surface area contributed by atoms with Crippen LogP contribution in [0.4, 0.5) is 0 Å². The van der Waals surface area contributed by atoms with Gasteiger partial charge in [0.1, 0.15) is 0 Å². The highest BCUT2D eigenvalue weighted by molar-refractivity contribution is 5.91. The van der Waals surface area contributed by atoms with Gasteiger partial charge < -0.3 is 50.3 Å². The van der Waals surface area contributed by atoms with E-state index in [1.165, 1.54) is 0 Å². The summed E-state index contributed by atoms with van der Waals surface area (Å²) in [6.07, 6.45) is -4.95. The Labute approximate surface area is 110 Å². The molecule has 12 nitrogen and oxygen atoms in total. The van der Waals surface area contributed by atoms with E-state index in [4.69, 9.17) is 40.9 Å². The summed E-state index contributed by atoms with van der Waals surface area (Å²) in [6, 6.07) is 0. The predicted octanol–water partition coefficient (Wildman–Crippen LogP) is -5.47. The summed E-state index contributed by atoms with van der Waals surface area (Å²) in [5, 5.41) is 67.6. The van der Waals surface area contributed by atoms with Crippen LogP contribution in [0.25, 0.3) is 0 Å². The van der Waals surface area contributed by atoms with Crippen LogP contribution < -0.4 is 0 Å². The Kier molecular flexibility index (Phi) is 6.14. The van der Waals surface area contributed by atoms with E-state index in [1.54, 1.807) is 0 Å². The minimum atomic E-state index is -3.72. The molecule has 0 fully saturated rings. The number of carbonyl (C=O) groups is 2. The van der Waals surface area contributed by atoms with Gasteiger partial charge in [-0.05, 0) is 0 Å². The molecule has 8 N–H and O–H groups in total. The van der Waals surface area contributed by atoms with Crippen molar-refractivity contribution >= 4 is 11.9 Å². The number of carbonyl (C=O) groups excluding carboxylic acids is 2. The lowest BCUT2D eigenvalue weighted by atomic mass is 10.4. The van der Waals surface area contributed by atoms with Crippen LogP contribution in [0.2, 0.25) is 0 Å². The molecule has 0 saturated carbocycles. The first-order chi connectivity index (χ1) is 8.84. The van der Waals surface area contributed by atoms with Gasteiger partial charge in [0.2, 0.25) is 0 Å². The molecule has 0 saturated heterocycles. The monoisotopic (exact) mass is 300 g/mol. The number of hydrogen-bond acceptors (Lipinski definition) is 12. The molecule has 0 heterocycles. The largest absolute Gasteiger partial charge is 0.424 e. The van der Waals surface area contributed by atoms with Crippen molar-refractivity contribution in [2.24, 2.45) is 0 Å². The predicted molar refractivity (Wildman–Crippen MR) is 52.1 cm³/mol. The normalized spacial score (nSPS) is 15.8. The quantitative estimate of drug-likeness (QED) is 0.131. The second-order valence-corrected chi connectivity index (χ2v) is 3.29. The van der Waals surface area contributed by atoms with Gasteiger partial charge in [-0.1, -0.05) is 0 Å². The Bertz CT molecular complexity index is 338. The molecule has 0 bridgehead atoms. The van der Waals surface area contributed by atoms with Gasteiger partial charge in [-0.25, -0.2) is 9.59 Å². The molecule has 0 amide bonds. The van der Waals surface area contributed by atoms with Crippen LogP contribution in [0.15, 0.2) is 12.2 Å². The van der Waals surface area contributed by atoms with Crippen molar-refractivity contribution in [3.63, 3.8) is 0 Å². The van der Waals surface area contributed by atoms with Gasteiger partial charge in [-0.3, -0.25) is 0 Å². The fraction of sp³-hybridized carbons (Fsp3) is 0.500. The molecule has 2 atom stereocenters. The van der Waals surface area contributed by atoms with Gasteiger partial charge in [0.25, 0.3) is 12.6 Å². The van der Waals surface area contributed by atoms with Crippen LogP contribution in [0.5, 0.6) is 0 Å². The molecule has 0 aliphatic carbocycles. The van der Waals surface area contributed by atoms with Gasteiger partial charge in [-0.2, -0.15) is 0 Å². The molecular weight excluding hydrogens is 288 g/mol. The lowest BCUT2D eigenvalue weighted by molar-refractivity contribution is -0.396. The zero-order valence-corrected chi connectivity index (χ0v) is 9.52. The van der Waals surface area contributed by atoms with E-state index < -0.39 is 36.5 Å². The fourth-order valence-electron chi connectivity index (χ4n) is 0.593. The summed E-state index contributed by atoms with van der Waals surface area (Å²) in [7, 11) is 0. The average Bonchev–Trinajstić information content (AvgIpc) is 2.23. The SMILES string of the molecule is O=C(/C=C\C(=O)OC(O)C(O)(O)O)OC(O)C(O)(O)O. The Morgan fingerprint density at radius 2 is 1.00 bits per heavy atom. The fourth-order valence-corrected chi connectivity index (χ4v) is 0.593. The van der Waals surface area contributed by atoms with Crippen molar-refractivity contribution in [2.75, 3.05) is 0 Å². The molecular formula is C8H12O12. The lowest BCUT2D eigenvalue weighted by Crippen LogP contribution is -2.44. The highest BCUT2D eigenvalue weighted by atomic mass is 16.8.